The molecule has 59 heavy (non-hydrogen) atoms. The van der Waals surface area contributed by atoms with Crippen LogP contribution < -0.4 is 0 Å². The fraction of sp³-hybridized carbons (Fsp3) is 0.679. The number of hydrogen-bond donors (Lipinski definition) is 0. The molecule has 6 heteroatoms. The maximum absolute atomic E-state index is 12.7. The van der Waals surface area contributed by atoms with Crippen LogP contribution in [0.1, 0.15) is 213 Å². The second-order valence-corrected chi connectivity index (χ2v) is 15.8. The van der Waals surface area contributed by atoms with E-state index >= 15 is 0 Å². The molecule has 336 valence electrons. The van der Waals surface area contributed by atoms with Gasteiger partial charge in [-0.05, 0) is 64.2 Å². The largest absolute Gasteiger partial charge is 0.462 e. The van der Waals surface area contributed by atoms with Gasteiger partial charge >= 0.3 is 17.9 Å². The van der Waals surface area contributed by atoms with Crippen LogP contribution in [-0.2, 0) is 28.6 Å². The Morgan fingerprint density at radius 2 is 0.763 bits per heavy atom. The van der Waals surface area contributed by atoms with Crippen LogP contribution in [0.15, 0.2) is 85.1 Å². The maximum Gasteiger partial charge on any atom is 0.306 e. The van der Waals surface area contributed by atoms with Gasteiger partial charge in [0.25, 0.3) is 0 Å². The lowest BCUT2D eigenvalue weighted by atomic mass is 10.1. The summed E-state index contributed by atoms with van der Waals surface area (Å²) in [7, 11) is 0. The third-order valence-corrected chi connectivity index (χ3v) is 9.99. The van der Waals surface area contributed by atoms with E-state index in [-0.39, 0.29) is 31.1 Å². The van der Waals surface area contributed by atoms with Gasteiger partial charge < -0.3 is 14.2 Å². The molecule has 6 nitrogen and oxygen atoms in total. The molecule has 1 atom stereocenters. The molecule has 0 saturated heterocycles. The predicted octanol–water partition coefficient (Wildman–Crippen LogP) is 15.6. The number of rotatable bonds is 42. The topological polar surface area (TPSA) is 78.9 Å². The van der Waals surface area contributed by atoms with E-state index in [0.717, 1.165) is 116 Å². The van der Waals surface area contributed by atoms with Crippen molar-refractivity contribution in [1.82, 2.24) is 0 Å². The van der Waals surface area contributed by atoms with Crippen molar-refractivity contribution >= 4 is 17.9 Å². The van der Waals surface area contributed by atoms with Crippen molar-refractivity contribution in [2.24, 2.45) is 0 Å². The summed E-state index contributed by atoms with van der Waals surface area (Å²) < 4.78 is 16.7. The van der Waals surface area contributed by atoms with Crippen molar-refractivity contribution in [3.05, 3.63) is 85.1 Å². The quantitative estimate of drug-likeness (QED) is 0.0201. The molecule has 0 rings (SSSR count). The molecule has 0 aromatic rings. The van der Waals surface area contributed by atoms with E-state index in [4.69, 9.17) is 14.2 Å². The van der Waals surface area contributed by atoms with E-state index < -0.39 is 6.10 Å². The molecule has 0 heterocycles. The van der Waals surface area contributed by atoms with Crippen LogP contribution in [0, 0.1) is 0 Å². The minimum atomic E-state index is -0.791. The van der Waals surface area contributed by atoms with Gasteiger partial charge in [0.1, 0.15) is 13.2 Å². The first-order valence-electron chi connectivity index (χ1n) is 24.2. The summed E-state index contributed by atoms with van der Waals surface area (Å²) in [5.74, 6) is -0.936. The van der Waals surface area contributed by atoms with Crippen LogP contribution in [0.2, 0.25) is 0 Å². The molecule has 0 spiro atoms. The van der Waals surface area contributed by atoms with Gasteiger partial charge in [0.05, 0.1) is 0 Å². The van der Waals surface area contributed by atoms with E-state index in [9.17, 15) is 14.4 Å². The molecule has 0 bridgehead atoms. The molecule has 0 amide bonds. The third kappa shape index (κ3) is 45.5. The smallest absolute Gasteiger partial charge is 0.306 e. The molecule has 0 aromatic carbocycles. The zero-order valence-electron chi connectivity index (χ0n) is 38.2. The van der Waals surface area contributed by atoms with Crippen molar-refractivity contribution in [1.29, 1.82) is 0 Å². The summed E-state index contributed by atoms with van der Waals surface area (Å²) in [6.45, 7) is 6.38. The van der Waals surface area contributed by atoms with Crippen molar-refractivity contribution < 1.29 is 28.6 Å². The molecule has 0 aliphatic rings. The Kier molecular flexibility index (Phi) is 44.5. The SMILES string of the molecule is CC/C=C\C/C=C\CCCCCCCC(=O)OC(COC(=O)CCCCCCC\C=C/C=C\C=C/C=C\C=C/CCC)COC(=O)CCCCCCCCCCCCC. The molecular weight excluding hydrogens is 733 g/mol. The summed E-state index contributed by atoms with van der Waals surface area (Å²) in [4.78, 5) is 37.8. The number of carbonyl (C=O) groups is 3. The average Bonchev–Trinajstić information content (AvgIpc) is 3.23. The fourth-order valence-electron chi connectivity index (χ4n) is 6.39. The molecule has 0 aromatic heterocycles. The maximum atomic E-state index is 12.7. The summed E-state index contributed by atoms with van der Waals surface area (Å²) in [5.41, 5.74) is 0. The van der Waals surface area contributed by atoms with E-state index in [1.165, 1.54) is 57.8 Å². The summed E-state index contributed by atoms with van der Waals surface area (Å²) in [5, 5.41) is 0. The standard InChI is InChI=1S/C53H88O6/c1-4-7-10-13-16-19-22-24-25-26-27-28-29-32-34-37-40-43-46-52(55)58-49-50(48-57-51(54)45-42-39-36-33-30-21-18-15-12-9-6-3)59-53(56)47-44-41-38-35-31-23-20-17-14-11-8-5-2/h8,10-11,13,16-17,19-20,22,24-28,50H,4-7,9,12,14-15,18,21,23,29-49H2,1-3H3/b11-8-,13-10-,19-16-,20-17-,24-22-,26-25-,28-27-. The normalized spacial score (nSPS) is 12.8. The Hall–Kier alpha value is -3.41. The van der Waals surface area contributed by atoms with Crippen LogP contribution in [-0.4, -0.2) is 37.2 Å². The van der Waals surface area contributed by atoms with Gasteiger partial charge in [-0.3, -0.25) is 14.4 Å². The van der Waals surface area contributed by atoms with Crippen LogP contribution in [0.4, 0.5) is 0 Å². The second-order valence-electron chi connectivity index (χ2n) is 15.8. The van der Waals surface area contributed by atoms with Crippen molar-refractivity contribution in [2.75, 3.05) is 13.2 Å². The molecular formula is C53H88O6. The first-order chi connectivity index (χ1) is 29.0. The Morgan fingerprint density at radius 1 is 0.373 bits per heavy atom. The average molecular weight is 821 g/mol. The molecule has 0 radical (unpaired) electrons. The highest BCUT2D eigenvalue weighted by Crippen LogP contribution is 2.14. The summed E-state index contributed by atoms with van der Waals surface area (Å²) in [6.07, 6.45) is 59.9. The first-order valence-corrected chi connectivity index (χ1v) is 24.2. The number of carbonyl (C=O) groups excluding carboxylic acids is 3. The second kappa shape index (κ2) is 47.3. The Morgan fingerprint density at radius 3 is 1.24 bits per heavy atom. The number of hydrogen-bond acceptors (Lipinski definition) is 6. The van der Waals surface area contributed by atoms with Gasteiger partial charge in [-0.25, -0.2) is 0 Å². The van der Waals surface area contributed by atoms with Crippen LogP contribution in [0.5, 0.6) is 0 Å². The zero-order chi connectivity index (χ0) is 43.0. The monoisotopic (exact) mass is 821 g/mol. The highest BCUT2D eigenvalue weighted by molar-refractivity contribution is 5.71. The van der Waals surface area contributed by atoms with E-state index in [1.54, 1.807) is 0 Å². The van der Waals surface area contributed by atoms with Crippen molar-refractivity contribution in [3.8, 4) is 0 Å². The lowest BCUT2D eigenvalue weighted by molar-refractivity contribution is -0.167. The summed E-state index contributed by atoms with van der Waals surface area (Å²) in [6, 6.07) is 0. The van der Waals surface area contributed by atoms with Crippen LogP contribution in [0.3, 0.4) is 0 Å². The molecule has 0 saturated carbocycles. The molecule has 1 unspecified atom stereocenters. The molecule has 0 aliphatic heterocycles. The van der Waals surface area contributed by atoms with Gasteiger partial charge in [0.2, 0.25) is 0 Å². The molecule has 0 N–H and O–H groups in total. The van der Waals surface area contributed by atoms with Crippen LogP contribution in [0.25, 0.3) is 0 Å². The summed E-state index contributed by atoms with van der Waals surface area (Å²) >= 11 is 0. The van der Waals surface area contributed by atoms with Gasteiger partial charge in [-0.1, -0.05) is 215 Å². The van der Waals surface area contributed by atoms with Gasteiger partial charge in [0, 0.05) is 19.3 Å². The lowest BCUT2D eigenvalue weighted by Gasteiger charge is -2.18. The first kappa shape index (κ1) is 55.6. The number of ether oxygens (including phenoxy) is 3. The van der Waals surface area contributed by atoms with E-state index in [1.807, 2.05) is 24.3 Å². The third-order valence-electron chi connectivity index (χ3n) is 9.99. The Labute approximate surface area is 363 Å². The van der Waals surface area contributed by atoms with Crippen molar-refractivity contribution in [2.45, 2.75) is 219 Å². The molecule has 0 aliphatic carbocycles. The predicted molar refractivity (Wildman–Crippen MR) is 251 cm³/mol. The van der Waals surface area contributed by atoms with E-state index in [0.29, 0.717) is 19.3 Å². The minimum Gasteiger partial charge on any atom is -0.462 e. The minimum absolute atomic E-state index is 0.0903. The van der Waals surface area contributed by atoms with Gasteiger partial charge in [-0.2, -0.15) is 0 Å². The van der Waals surface area contributed by atoms with Crippen LogP contribution >= 0.6 is 0 Å². The van der Waals surface area contributed by atoms with Gasteiger partial charge in [0.15, 0.2) is 6.10 Å². The Bertz CT molecular complexity index is 1170. The zero-order valence-corrected chi connectivity index (χ0v) is 38.2. The van der Waals surface area contributed by atoms with E-state index in [2.05, 4.69) is 81.5 Å². The highest BCUT2D eigenvalue weighted by atomic mass is 16.6. The lowest BCUT2D eigenvalue weighted by Crippen LogP contribution is -2.30. The number of esters is 3. The fourth-order valence-corrected chi connectivity index (χ4v) is 6.39. The number of allylic oxidation sites excluding steroid dienone is 14. The Balaban J connectivity index is 4.44. The molecule has 0 fully saturated rings. The van der Waals surface area contributed by atoms with Gasteiger partial charge in [-0.15, -0.1) is 0 Å². The van der Waals surface area contributed by atoms with Crippen molar-refractivity contribution in [3.63, 3.8) is 0 Å². The number of unbranched alkanes of at least 4 members (excludes halogenated alkanes) is 21. The highest BCUT2D eigenvalue weighted by Gasteiger charge is 2.19.